The molecule has 0 aliphatic heterocycles. The van der Waals surface area contributed by atoms with Crippen LogP contribution < -0.4 is 5.14 Å². The molecule has 0 spiro atoms. The first-order valence-corrected chi connectivity index (χ1v) is 8.33. The minimum atomic E-state index is -4.09. The van der Waals surface area contributed by atoms with Crippen LogP contribution in [0.4, 0.5) is 4.39 Å². The van der Waals surface area contributed by atoms with Crippen LogP contribution in [0.5, 0.6) is 0 Å². The van der Waals surface area contributed by atoms with Gasteiger partial charge in [0.1, 0.15) is 5.82 Å². The van der Waals surface area contributed by atoms with Gasteiger partial charge >= 0.3 is 5.97 Å². The molecule has 1 aliphatic rings. The van der Waals surface area contributed by atoms with Crippen LogP contribution in [0.2, 0.25) is 0 Å². The zero-order valence-corrected chi connectivity index (χ0v) is 12.6. The molecule has 21 heavy (non-hydrogen) atoms. The Kier molecular flexibility index (Phi) is 4.63. The maximum Gasteiger partial charge on any atom is 0.338 e. The lowest BCUT2D eigenvalue weighted by atomic mass is 9.83. The summed E-state index contributed by atoms with van der Waals surface area (Å²) in [6.07, 6.45) is 4.28. The fourth-order valence-electron chi connectivity index (χ4n) is 2.25. The Bertz CT molecular complexity index is 653. The van der Waals surface area contributed by atoms with Crippen molar-refractivity contribution < 1.29 is 22.3 Å². The number of carbonyl (C=O) groups excluding carboxylic acids is 1. The van der Waals surface area contributed by atoms with E-state index in [0.29, 0.717) is 5.92 Å². The number of hydrogen-bond acceptors (Lipinski definition) is 4. The molecule has 1 aromatic rings. The standard InChI is InChI=1S/C14H18FNO4S/c1-9-12(15)7-11(8-13(9)21(16,18)19)14(17)20-6-5-10-3-2-4-10/h7-8,10H,2-6H2,1H3,(H2,16,18,19). The number of halogens is 1. The lowest BCUT2D eigenvalue weighted by molar-refractivity contribution is 0.0463. The molecule has 1 aliphatic carbocycles. The highest BCUT2D eigenvalue weighted by atomic mass is 32.2. The SMILES string of the molecule is Cc1c(F)cc(C(=O)OCCC2CCC2)cc1S(N)(=O)=O. The van der Waals surface area contributed by atoms with E-state index in [-0.39, 0.29) is 17.7 Å². The van der Waals surface area contributed by atoms with Gasteiger partial charge in [0.25, 0.3) is 0 Å². The molecule has 1 fully saturated rings. The maximum absolute atomic E-state index is 13.7. The minimum Gasteiger partial charge on any atom is -0.462 e. The van der Waals surface area contributed by atoms with E-state index in [1.165, 1.54) is 13.3 Å². The number of rotatable bonds is 5. The number of primary sulfonamides is 1. The van der Waals surface area contributed by atoms with Crippen molar-refractivity contribution >= 4 is 16.0 Å². The van der Waals surface area contributed by atoms with E-state index in [0.717, 1.165) is 31.4 Å². The molecule has 0 bridgehead atoms. The molecule has 0 radical (unpaired) electrons. The number of sulfonamides is 1. The van der Waals surface area contributed by atoms with Crippen LogP contribution >= 0.6 is 0 Å². The Morgan fingerprint density at radius 3 is 2.62 bits per heavy atom. The molecule has 0 heterocycles. The van der Waals surface area contributed by atoms with Crippen LogP contribution in [0.3, 0.4) is 0 Å². The normalized spacial score (nSPS) is 15.6. The second kappa shape index (κ2) is 6.11. The molecular weight excluding hydrogens is 297 g/mol. The number of carbonyl (C=O) groups is 1. The molecule has 0 aromatic heterocycles. The van der Waals surface area contributed by atoms with Crippen molar-refractivity contribution in [1.29, 1.82) is 0 Å². The van der Waals surface area contributed by atoms with E-state index >= 15 is 0 Å². The van der Waals surface area contributed by atoms with Crippen molar-refractivity contribution in [2.75, 3.05) is 6.61 Å². The Morgan fingerprint density at radius 1 is 1.43 bits per heavy atom. The fraction of sp³-hybridized carbons (Fsp3) is 0.500. The van der Waals surface area contributed by atoms with E-state index in [9.17, 15) is 17.6 Å². The summed E-state index contributed by atoms with van der Waals surface area (Å²) in [7, 11) is -4.09. The summed E-state index contributed by atoms with van der Waals surface area (Å²) in [4.78, 5) is 11.5. The first kappa shape index (κ1) is 15.9. The highest BCUT2D eigenvalue weighted by Gasteiger charge is 2.21. The molecule has 0 saturated heterocycles. The van der Waals surface area contributed by atoms with Crippen molar-refractivity contribution in [3.63, 3.8) is 0 Å². The number of hydrogen-bond donors (Lipinski definition) is 1. The molecule has 1 aromatic carbocycles. The van der Waals surface area contributed by atoms with Gasteiger partial charge in [0.2, 0.25) is 10.0 Å². The summed E-state index contributed by atoms with van der Waals surface area (Å²) >= 11 is 0. The summed E-state index contributed by atoms with van der Waals surface area (Å²) < 4.78 is 41.6. The smallest absolute Gasteiger partial charge is 0.338 e. The Labute approximate surface area is 123 Å². The highest BCUT2D eigenvalue weighted by molar-refractivity contribution is 7.89. The molecule has 0 amide bonds. The van der Waals surface area contributed by atoms with Crippen molar-refractivity contribution in [1.82, 2.24) is 0 Å². The second-order valence-corrected chi connectivity index (χ2v) is 6.88. The van der Waals surface area contributed by atoms with E-state index < -0.39 is 26.7 Å². The predicted molar refractivity (Wildman–Crippen MR) is 74.8 cm³/mol. The molecule has 0 atom stereocenters. The fourth-order valence-corrected chi connectivity index (χ4v) is 3.07. The average Bonchev–Trinajstić information content (AvgIpc) is 2.33. The monoisotopic (exact) mass is 315 g/mol. The van der Waals surface area contributed by atoms with E-state index in [1.807, 2.05) is 0 Å². The molecule has 5 nitrogen and oxygen atoms in total. The number of nitrogens with two attached hydrogens (primary N) is 1. The Hall–Kier alpha value is -1.47. The lowest BCUT2D eigenvalue weighted by Crippen LogP contribution is -2.18. The molecule has 116 valence electrons. The summed E-state index contributed by atoms with van der Waals surface area (Å²) in [5.41, 5.74) is -0.251. The summed E-state index contributed by atoms with van der Waals surface area (Å²) in [6, 6.07) is 2.02. The average molecular weight is 315 g/mol. The maximum atomic E-state index is 13.7. The number of ether oxygens (including phenoxy) is 1. The molecule has 0 unspecified atom stereocenters. The first-order valence-electron chi connectivity index (χ1n) is 6.79. The zero-order chi connectivity index (χ0) is 15.6. The first-order chi connectivity index (χ1) is 9.79. The molecule has 7 heteroatoms. The topological polar surface area (TPSA) is 86.5 Å². The van der Waals surface area contributed by atoms with Gasteiger partial charge in [0.05, 0.1) is 17.1 Å². The third kappa shape index (κ3) is 3.79. The van der Waals surface area contributed by atoms with Crippen LogP contribution in [-0.4, -0.2) is 21.0 Å². The molecular formula is C14H18FNO4S. The van der Waals surface area contributed by atoms with Gasteiger partial charge in [-0.25, -0.2) is 22.7 Å². The third-order valence-corrected chi connectivity index (χ3v) is 4.86. The molecule has 1 saturated carbocycles. The largest absolute Gasteiger partial charge is 0.462 e. The summed E-state index contributed by atoms with van der Waals surface area (Å²) in [5.74, 6) is -0.946. The van der Waals surface area contributed by atoms with Gasteiger partial charge in [0, 0.05) is 5.56 Å². The van der Waals surface area contributed by atoms with Gasteiger partial charge < -0.3 is 4.74 Å². The molecule has 2 N–H and O–H groups in total. The Balaban J connectivity index is 2.11. The van der Waals surface area contributed by atoms with Gasteiger partial charge in [-0.15, -0.1) is 0 Å². The Morgan fingerprint density at radius 2 is 2.10 bits per heavy atom. The van der Waals surface area contributed by atoms with Crippen LogP contribution in [0.1, 0.15) is 41.6 Å². The number of benzene rings is 1. The van der Waals surface area contributed by atoms with Crippen molar-refractivity contribution in [2.24, 2.45) is 11.1 Å². The summed E-state index contributed by atoms with van der Waals surface area (Å²) in [6.45, 7) is 1.55. The van der Waals surface area contributed by atoms with Crippen molar-refractivity contribution in [3.8, 4) is 0 Å². The van der Waals surface area contributed by atoms with Gasteiger partial charge in [0.15, 0.2) is 0 Å². The second-order valence-electron chi connectivity index (χ2n) is 5.35. The highest BCUT2D eigenvalue weighted by Crippen LogP contribution is 2.29. The minimum absolute atomic E-state index is 0.108. The van der Waals surface area contributed by atoms with Gasteiger partial charge in [-0.3, -0.25) is 0 Å². The van der Waals surface area contributed by atoms with Crippen molar-refractivity contribution in [2.45, 2.75) is 37.5 Å². The number of esters is 1. The predicted octanol–water partition coefficient (Wildman–Crippen LogP) is 2.13. The summed E-state index contributed by atoms with van der Waals surface area (Å²) in [5, 5.41) is 5.01. The van der Waals surface area contributed by atoms with Crippen LogP contribution in [0.25, 0.3) is 0 Å². The van der Waals surface area contributed by atoms with Gasteiger partial charge in [-0.1, -0.05) is 19.3 Å². The zero-order valence-electron chi connectivity index (χ0n) is 11.8. The van der Waals surface area contributed by atoms with Crippen LogP contribution in [0.15, 0.2) is 17.0 Å². The van der Waals surface area contributed by atoms with Crippen LogP contribution in [0, 0.1) is 18.7 Å². The lowest BCUT2D eigenvalue weighted by Gasteiger charge is -2.24. The van der Waals surface area contributed by atoms with Gasteiger partial charge in [-0.2, -0.15) is 0 Å². The quantitative estimate of drug-likeness (QED) is 0.843. The van der Waals surface area contributed by atoms with Crippen molar-refractivity contribution in [3.05, 3.63) is 29.1 Å². The third-order valence-electron chi connectivity index (χ3n) is 3.82. The van der Waals surface area contributed by atoms with E-state index in [4.69, 9.17) is 9.88 Å². The van der Waals surface area contributed by atoms with E-state index in [1.54, 1.807) is 0 Å². The van der Waals surface area contributed by atoms with Crippen LogP contribution in [-0.2, 0) is 14.8 Å². The van der Waals surface area contributed by atoms with Gasteiger partial charge in [-0.05, 0) is 31.4 Å². The van der Waals surface area contributed by atoms with E-state index in [2.05, 4.69) is 0 Å². The molecule has 2 rings (SSSR count).